The van der Waals surface area contributed by atoms with Crippen molar-refractivity contribution in [3.05, 3.63) is 16.6 Å². The second kappa shape index (κ2) is 7.73. The summed E-state index contributed by atoms with van der Waals surface area (Å²) in [4.78, 5) is 28.0. The van der Waals surface area contributed by atoms with E-state index in [0.717, 1.165) is 5.01 Å². The molecule has 0 unspecified atom stereocenters. The minimum absolute atomic E-state index is 0.226. The van der Waals surface area contributed by atoms with Crippen molar-refractivity contribution in [3.63, 3.8) is 0 Å². The quantitative estimate of drug-likeness (QED) is 0.794. The first kappa shape index (κ1) is 15.4. The number of thiazole rings is 1. The number of hydrogen-bond donors (Lipinski definition) is 2. The van der Waals surface area contributed by atoms with Crippen LogP contribution in [0.5, 0.6) is 0 Å². The molecule has 0 aliphatic rings. The van der Waals surface area contributed by atoms with Crippen LogP contribution < -0.4 is 5.32 Å². The minimum atomic E-state index is -1.00. The van der Waals surface area contributed by atoms with Crippen LogP contribution in [0, 0.1) is 5.92 Å². The molecule has 6 nitrogen and oxygen atoms in total. The number of nitrogens with one attached hydrogen (secondary N) is 1. The number of aliphatic carboxylic acids is 1. The number of amides is 2. The Hall–Kier alpha value is -1.63. The van der Waals surface area contributed by atoms with Crippen LogP contribution in [-0.4, -0.2) is 46.6 Å². The largest absolute Gasteiger partial charge is 0.480 e. The molecule has 2 amide bonds. The first-order valence-electron chi connectivity index (χ1n) is 6.12. The number of nitrogens with zero attached hydrogens (tertiary/aromatic N) is 2. The maximum absolute atomic E-state index is 11.9. The Labute approximate surface area is 116 Å². The summed E-state index contributed by atoms with van der Waals surface area (Å²) in [7, 11) is 0. The van der Waals surface area contributed by atoms with Crippen molar-refractivity contribution in [2.75, 3.05) is 19.6 Å². The van der Waals surface area contributed by atoms with Gasteiger partial charge in [-0.2, -0.15) is 0 Å². The zero-order valence-corrected chi connectivity index (χ0v) is 11.9. The van der Waals surface area contributed by atoms with Gasteiger partial charge in [-0.3, -0.25) is 4.79 Å². The van der Waals surface area contributed by atoms with Crippen molar-refractivity contribution in [1.29, 1.82) is 0 Å². The summed E-state index contributed by atoms with van der Waals surface area (Å²) >= 11 is 1.53. The maximum Gasteiger partial charge on any atom is 0.323 e. The lowest BCUT2D eigenvalue weighted by molar-refractivity contribution is -0.137. The molecule has 0 aromatic carbocycles. The molecular formula is C12H19N3O3S. The monoisotopic (exact) mass is 285 g/mol. The molecule has 106 valence electrons. The van der Waals surface area contributed by atoms with E-state index in [1.165, 1.54) is 16.2 Å². The molecule has 0 fully saturated rings. The third-order valence-corrected chi connectivity index (χ3v) is 3.14. The predicted octanol–water partition coefficient (Wildman–Crippen LogP) is 1.44. The number of carbonyl (C=O) groups is 2. The Bertz CT molecular complexity index is 406. The van der Waals surface area contributed by atoms with E-state index in [1.807, 2.05) is 19.2 Å². The number of rotatable bonds is 7. The fourth-order valence-electron chi connectivity index (χ4n) is 1.59. The molecular weight excluding hydrogens is 266 g/mol. The third-order valence-electron chi connectivity index (χ3n) is 2.30. The molecule has 0 aliphatic carbocycles. The Morgan fingerprint density at radius 1 is 1.53 bits per heavy atom. The summed E-state index contributed by atoms with van der Waals surface area (Å²) in [6.07, 6.45) is 2.38. The van der Waals surface area contributed by atoms with Crippen LogP contribution in [0.1, 0.15) is 18.9 Å². The summed E-state index contributed by atoms with van der Waals surface area (Å²) in [5, 5.41) is 14.3. The average Bonchev–Trinajstić information content (AvgIpc) is 2.79. The first-order valence-corrected chi connectivity index (χ1v) is 7.00. The Morgan fingerprint density at radius 2 is 2.26 bits per heavy atom. The lowest BCUT2D eigenvalue weighted by Gasteiger charge is -2.22. The van der Waals surface area contributed by atoms with Gasteiger partial charge < -0.3 is 15.3 Å². The highest BCUT2D eigenvalue weighted by atomic mass is 32.1. The van der Waals surface area contributed by atoms with Crippen LogP contribution >= 0.6 is 11.3 Å². The molecule has 1 aromatic heterocycles. The fourth-order valence-corrected chi connectivity index (χ4v) is 2.21. The number of aromatic nitrogens is 1. The Kier molecular flexibility index (Phi) is 6.27. The summed E-state index contributed by atoms with van der Waals surface area (Å²) in [5.74, 6) is -0.778. The van der Waals surface area contributed by atoms with Gasteiger partial charge in [-0.1, -0.05) is 13.8 Å². The van der Waals surface area contributed by atoms with Gasteiger partial charge in [-0.25, -0.2) is 9.78 Å². The van der Waals surface area contributed by atoms with Crippen molar-refractivity contribution >= 4 is 23.3 Å². The molecule has 1 rings (SSSR count). The van der Waals surface area contributed by atoms with E-state index in [9.17, 15) is 9.59 Å². The summed E-state index contributed by atoms with van der Waals surface area (Å²) in [6, 6.07) is -0.340. The fraction of sp³-hybridized carbons (Fsp3) is 0.583. The van der Waals surface area contributed by atoms with E-state index in [0.29, 0.717) is 19.5 Å². The Balaban J connectivity index is 2.40. The number of urea groups is 1. The molecule has 19 heavy (non-hydrogen) atoms. The van der Waals surface area contributed by atoms with E-state index < -0.39 is 5.97 Å². The SMILES string of the molecule is CC(C)CN(CC(=O)O)C(=O)NCCc1nccs1. The smallest absolute Gasteiger partial charge is 0.323 e. The molecule has 0 aliphatic heterocycles. The zero-order valence-electron chi connectivity index (χ0n) is 11.1. The summed E-state index contributed by atoms with van der Waals surface area (Å²) < 4.78 is 0. The van der Waals surface area contributed by atoms with Gasteiger partial charge in [-0.15, -0.1) is 11.3 Å². The lowest BCUT2D eigenvalue weighted by Crippen LogP contribution is -2.45. The minimum Gasteiger partial charge on any atom is -0.480 e. The van der Waals surface area contributed by atoms with Crippen LogP contribution in [0.25, 0.3) is 0 Å². The summed E-state index contributed by atoms with van der Waals surface area (Å²) in [5.41, 5.74) is 0. The van der Waals surface area contributed by atoms with Gasteiger partial charge in [-0.05, 0) is 5.92 Å². The van der Waals surface area contributed by atoms with E-state index in [-0.39, 0.29) is 18.5 Å². The van der Waals surface area contributed by atoms with Gasteiger partial charge in [0.15, 0.2) is 0 Å². The van der Waals surface area contributed by atoms with Gasteiger partial charge in [0.05, 0.1) is 5.01 Å². The zero-order chi connectivity index (χ0) is 14.3. The van der Waals surface area contributed by atoms with Gasteiger partial charge >= 0.3 is 12.0 Å². The first-order chi connectivity index (χ1) is 8.99. The summed E-state index contributed by atoms with van der Waals surface area (Å²) in [6.45, 7) is 4.49. The molecule has 0 saturated carbocycles. The number of carboxylic acid groups (broad SMARTS) is 1. The molecule has 0 atom stereocenters. The molecule has 0 spiro atoms. The molecule has 0 saturated heterocycles. The highest BCUT2D eigenvalue weighted by Gasteiger charge is 2.17. The Morgan fingerprint density at radius 3 is 2.79 bits per heavy atom. The second-order valence-electron chi connectivity index (χ2n) is 4.58. The molecule has 2 N–H and O–H groups in total. The highest BCUT2D eigenvalue weighted by molar-refractivity contribution is 7.09. The normalized spacial score (nSPS) is 10.5. The standard InChI is InChI=1S/C12H19N3O3S/c1-9(2)7-15(8-11(16)17)12(18)14-4-3-10-13-5-6-19-10/h5-6,9H,3-4,7-8H2,1-2H3,(H,14,18)(H,16,17). The van der Waals surface area contributed by atoms with Crippen molar-refractivity contribution in [2.24, 2.45) is 5.92 Å². The van der Waals surface area contributed by atoms with Gasteiger partial charge in [0.25, 0.3) is 0 Å². The van der Waals surface area contributed by atoms with Crippen LogP contribution in [0.4, 0.5) is 4.79 Å². The molecule has 0 bridgehead atoms. The highest BCUT2D eigenvalue weighted by Crippen LogP contribution is 2.04. The van der Waals surface area contributed by atoms with Crippen molar-refractivity contribution < 1.29 is 14.7 Å². The second-order valence-corrected chi connectivity index (χ2v) is 5.55. The van der Waals surface area contributed by atoms with Gasteiger partial charge in [0.2, 0.25) is 0 Å². The van der Waals surface area contributed by atoms with Crippen LogP contribution in [0.2, 0.25) is 0 Å². The number of carbonyl (C=O) groups excluding carboxylic acids is 1. The van der Waals surface area contributed by atoms with Crippen molar-refractivity contribution in [3.8, 4) is 0 Å². The van der Waals surface area contributed by atoms with E-state index >= 15 is 0 Å². The van der Waals surface area contributed by atoms with E-state index in [4.69, 9.17) is 5.11 Å². The van der Waals surface area contributed by atoms with Crippen molar-refractivity contribution in [1.82, 2.24) is 15.2 Å². The number of hydrogen-bond acceptors (Lipinski definition) is 4. The molecule has 1 heterocycles. The van der Waals surface area contributed by atoms with Gasteiger partial charge in [0.1, 0.15) is 6.54 Å². The van der Waals surface area contributed by atoms with E-state index in [1.54, 1.807) is 6.20 Å². The molecule has 7 heteroatoms. The van der Waals surface area contributed by atoms with Crippen LogP contribution in [0.3, 0.4) is 0 Å². The van der Waals surface area contributed by atoms with E-state index in [2.05, 4.69) is 10.3 Å². The van der Waals surface area contributed by atoms with Gasteiger partial charge in [0, 0.05) is 31.1 Å². The third kappa shape index (κ3) is 6.19. The number of carboxylic acids is 1. The maximum atomic E-state index is 11.9. The average molecular weight is 285 g/mol. The lowest BCUT2D eigenvalue weighted by atomic mass is 10.2. The topological polar surface area (TPSA) is 82.5 Å². The predicted molar refractivity (Wildman–Crippen MR) is 73.3 cm³/mol. The molecule has 1 aromatic rings. The molecule has 0 radical (unpaired) electrons. The van der Waals surface area contributed by atoms with Crippen LogP contribution in [-0.2, 0) is 11.2 Å². The van der Waals surface area contributed by atoms with Crippen LogP contribution in [0.15, 0.2) is 11.6 Å². The van der Waals surface area contributed by atoms with Crippen molar-refractivity contribution in [2.45, 2.75) is 20.3 Å².